The van der Waals surface area contributed by atoms with Gasteiger partial charge in [-0.25, -0.2) is 28.4 Å². The Morgan fingerprint density at radius 3 is 1.16 bits per heavy atom. The Balaban J connectivity index is 0.000000227. The molecule has 726 valence electrons. The number of pyridine rings is 5. The van der Waals surface area contributed by atoms with E-state index in [4.69, 9.17) is 78.2 Å². The van der Waals surface area contributed by atoms with Gasteiger partial charge in [0.15, 0.2) is 9.84 Å². The zero-order chi connectivity index (χ0) is 96.8. The zero-order valence-electron chi connectivity index (χ0n) is 76.5. The van der Waals surface area contributed by atoms with Crippen LogP contribution in [0.2, 0.25) is 10.0 Å². The number of thioether (sulfide) groups is 1. The van der Waals surface area contributed by atoms with Crippen molar-refractivity contribution in [2.45, 2.75) is 81.1 Å². The SMILES string of the molecule is C.C1CCOC1.CC(C)(C)S(=O)(=O)c1cc2c(Nc3ccc4scnc4c3)ccnc2cc1OCCO.CC(C)(C)Sc1cc2c(Nc3ccc4scnc4c3)ccnc2cc1OCCO.CO.Nc1ccc2scnc2c1.O.OCCBr.OCCOc1cc2nccc(Cl)c2cc1Br.OCCOc1cc2nccc(Nc3ccc4scnc4c3)c2cc1Br.Oc1cc2nccc(Cl)c2cc1Br.[H-].[Na+]. The van der Waals surface area contributed by atoms with Crippen molar-refractivity contribution in [3.8, 4) is 28.7 Å². The van der Waals surface area contributed by atoms with Crippen LogP contribution >= 0.6 is 144 Å². The number of nitrogens with zero attached hydrogens (tertiary/aromatic N) is 9. The molecule has 0 amide bonds. The minimum Gasteiger partial charge on any atom is -1.00 e. The first-order chi connectivity index (χ1) is 65.0. The number of halogens is 6. The maximum absolute atomic E-state index is 13.3. The first kappa shape index (κ1) is 115. The van der Waals surface area contributed by atoms with Crippen LogP contribution < -0.4 is 70.2 Å². The molecule has 1 fully saturated rings. The number of aliphatic hydroxyl groups is 6. The number of aromatic nitrogens is 9. The van der Waals surface area contributed by atoms with Gasteiger partial charge in [0, 0.05) is 158 Å². The molecular formula is C97H104Br4Cl2N13NaO15S6. The molecule has 19 rings (SSSR count). The van der Waals surface area contributed by atoms with Gasteiger partial charge in [0.05, 0.1) is 157 Å². The number of alkyl halides is 1. The fraction of sp³-hybridized carbons (Fsp3) is 0.247. The van der Waals surface area contributed by atoms with Gasteiger partial charge < -0.3 is 88.0 Å². The van der Waals surface area contributed by atoms with Crippen molar-refractivity contribution in [3.63, 3.8) is 0 Å². The molecule has 1 aliphatic heterocycles. The predicted octanol–water partition coefficient (Wildman–Crippen LogP) is 21.1. The second kappa shape index (κ2) is 56.2. The standard InChI is InChI=1S/C22H23N3O4S2.C22H23N3O2S2.C18H14BrN3O2S.C11H9BrClNO2.C9H5BrClNO.C7H6N2S.C4H8O.C2H5BrO.CH4O.CH4.Na.H2O.H/c1-22(2,3)31(27,28)21-11-15-16(6-7-23-17(15)12-19(21)29-9-8-26)25-14-4-5-20-18(10-14)24-13-30-20;1-22(2,3)29-21-11-15-16(6-7-23-17(15)12-19(21)27-9-8-26)25-14-4-5-20-18(10-14)24-13-28-20;19-13-8-12-14(3-4-20-15(12)9-17(13)24-6-5-23)22-11-1-2-18-16(7-11)21-10-25-18;12-8-5-7-9(13)1-2-14-10(7)6-11(8)16-4-3-15;10-6-3-5-7(11)1-2-12-8(5)4-9(6)13;8-5-1-2-7-6(3-5)9-4-10-7;1-2-4-5-3-1;3-1-2-4;1-2;;;;/h4-7,10-13,26H,8-9H2,1-3H3,(H,23,25);4-7,10-13,26H,8-9H2,1-3H3,(H,23,25);1-4,7-10,23H,5-6H2,(H,20,22);1-2,5-6,15H,3-4H2;1-4,13H;1-4H,8H2;1-4H2;4H,1-2H2;2H,1H3;1H4;;1H2;/q;;;;;;;;;;+1;;-1. The molecule has 9 aromatic carbocycles. The number of nitrogens with one attached hydrogen (secondary N) is 3. The number of nitrogens with two attached hydrogens (primary N) is 1. The molecule has 0 saturated carbocycles. The van der Waals surface area contributed by atoms with Gasteiger partial charge >= 0.3 is 29.6 Å². The van der Waals surface area contributed by atoms with Crippen molar-refractivity contribution in [1.82, 2.24) is 44.9 Å². The van der Waals surface area contributed by atoms with Crippen LogP contribution in [0.25, 0.3) is 95.4 Å². The Kier molecular flexibility index (Phi) is 46.6. The maximum Gasteiger partial charge on any atom is 1.00 e. The van der Waals surface area contributed by atoms with E-state index in [-0.39, 0.29) is 124 Å². The van der Waals surface area contributed by atoms with Gasteiger partial charge in [-0.05, 0) is 215 Å². The summed E-state index contributed by atoms with van der Waals surface area (Å²) >= 11 is 33.3. The van der Waals surface area contributed by atoms with Crippen molar-refractivity contribution < 1.29 is 104 Å². The summed E-state index contributed by atoms with van der Waals surface area (Å²) in [5.41, 5.74) is 26.7. The number of sulfone groups is 1. The van der Waals surface area contributed by atoms with E-state index in [1.54, 1.807) is 163 Å². The normalized spacial score (nSPS) is 11.4. The quantitative estimate of drug-likeness (QED) is 0.0138. The fourth-order valence-electron chi connectivity index (χ4n) is 12.7. The minimum atomic E-state index is -3.71. The van der Waals surface area contributed by atoms with Crippen LogP contribution in [0.4, 0.5) is 39.8 Å². The molecule has 0 atom stereocenters. The Hall–Kier alpha value is -8.73. The van der Waals surface area contributed by atoms with Crippen LogP contribution in [0.5, 0.6) is 28.7 Å². The van der Waals surface area contributed by atoms with E-state index in [2.05, 4.69) is 176 Å². The summed E-state index contributed by atoms with van der Waals surface area (Å²) < 4.78 is 59.6. The molecule has 10 heterocycles. The van der Waals surface area contributed by atoms with Crippen LogP contribution in [-0.2, 0) is 14.6 Å². The Bertz CT molecular complexity index is 7120. The summed E-state index contributed by atoms with van der Waals surface area (Å²) in [5.74, 6) is 2.42. The summed E-state index contributed by atoms with van der Waals surface area (Å²) in [6.07, 6.45) is 11.0. The third kappa shape index (κ3) is 32.1. The van der Waals surface area contributed by atoms with E-state index in [1.165, 1.54) is 26.9 Å². The molecule has 14 N–H and O–H groups in total. The molecule has 0 unspecified atom stereocenters. The number of aromatic hydroxyl groups is 1. The van der Waals surface area contributed by atoms with E-state index < -0.39 is 14.6 Å². The van der Waals surface area contributed by atoms with Crippen LogP contribution in [-0.4, -0.2) is 189 Å². The number of fused-ring (bicyclic) bond motifs is 9. The summed E-state index contributed by atoms with van der Waals surface area (Å²) in [6.45, 7) is 14.1. The molecule has 138 heavy (non-hydrogen) atoms. The van der Waals surface area contributed by atoms with Gasteiger partial charge in [0.25, 0.3) is 0 Å². The van der Waals surface area contributed by atoms with Crippen LogP contribution in [0.15, 0.2) is 240 Å². The van der Waals surface area contributed by atoms with Crippen LogP contribution in [0.1, 0.15) is 63.2 Å². The van der Waals surface area contributed by atoms with Crippen molar-refractivity contribution in [1.29, 1.82) is 0 Å². The van der Waals surface area contributed by atoms with Crippen molar-refractivity contribution in [3.05, 3.63) is 240 Å². The smallest absolute Gasteiger partial charge is 1.00 e. The number of aliphatic hydroxyl groups excluding tert-OH is 6. The first-order valence-electron chi connectivity index (χ1n) is 41.6. The zero-order valence-corrected chi connectivity index (χ0v) is 90.2. The topological polar surface area (TPSA) is 432 Å². The number of benzene rings is 9. The second-order valence-electron chi connectivity index (χ2n) is 30.6. The van der Waals surface area contributed by atoms with Gasteiger partial charge in [0.1, 0.15) is 60.1 Å². The third-order valence-electron chi connectivity index (χ3n) is 18.9. The van der Waals surface area contributed by atoms with E-state index in [9.17, 15) is 18.6 Å². The van der Waals surface area contributed by atoms with Crippen molar-refractivity contribution in [2.75, 3.05) is 107 Å². The van der Waals surface area contributed by atoms with E-state index in [0.29, 0.717) is 47.8 Å². The molecule has 28 nitrogen and oxygen atoms in total. The number of phenolic OH excluding ortho intramolecular Hbond substituents is 1. The molecular weight excluding hydrogens is 2190 g/mol. The van der Waals surface area contributed by atoms with Gasteiger partial charge in [0.2, 0.25) is 0 Å². The molecule has 0 aliphatic carbocycles. The molecule has 0 spiro atoms. The summed E-state index contributed by atoms with van der Waals surface area (Å²) in [7, 11) is -2.71. The van der Waals surface area contributed by atoms with E-state index >= 15 is 0 Å². The van der Waals surface area contributed by atoms with Crippen molar-refractivity contribution >= 4 is 289 Å². The second-order valence-corrected chi connectivity index (χ2v) is 42.9. The molecule has 1 saturated heterocycles. The number of rotatable bonds is 21. The molecule has 9 aromatic heterocycles. The maximum atomic E-state index is 13.3. The molecule has 0 bridgehead atoms. The number of hydrogen-bond donors (Lipinski definition) is 11. The number of nitrogen functional groups attached to an aromatic ring is 1. The Labute approximate surface area is 886 Å². The number of hydrogen-bond acceptors (Lipinski definition) is 32. The number of anilines is 7. The average molecular weight is 2300 g/mol. The third-order valence-corrected chi connectivity index (χ3v) is 28.7. The summed E-state index contributed by atoms with van der Waals surface area (Å²) in [4.78, 5) is 40.0. The number of thiazole rings is 4. The molecule has 0 radical (unpaired) electrons. The summed E-state index contributed by atoms with van der Waals surface area (Å²) in [5, 5.41) is 76.8. The first-order valence-corrected chi connectivity index (χ1v) is 51.7. The number of phenols is 1. The number of ether oxygens (including phenoxy) is 5. The Morgan fingerprint density at radius 1 is 0.442 bits per heavy atom. The molecule has 18 aromatic rings. The van der Waals surface area contributed by atoms with Gasteiger partial charge in [-0.1, -0.05) is 67.3 Å². The van der Waals surface area contributed by atoms with Crippen molar-refractivity contribution in [2.24, 2.45) is 0 Å². The van der Waals surface area contributed by atoms with Gasteiger partial charge in [-0.3, -0.25) is 24.9 Å². The fourth-order valence-corrected chi connectivity index (χ4v) is 19.4. The van der Waals surface area contributed by atoms with Gasteiger partial charge in [-0.15, -0.1) is 57.1 Å². The van der Waals surface area contributed by atoms with Crippen LogP contribution in [0, 0.1) is 0 Å². The molecule has 41 heteroatoms. The molecule has 1 aliphatic rings. The average Bonchev–Trinajstić information content (AvgIpc) is 1.69. The van der Waals surface area contributed by atoms with E-state index in [0.717, 1.165) is 145 Å². The largest absolute Gasteiger partial charge is 1.00 e. The van der Waals surface area contributed by atoms with Gasteiger partial charge in [-0.2, -0.15) is 0 Å². The Morgan fingerprint density at radius 2 is 0.775 bits per heavy atom. The predicted molar refractivity (Wildman–Crippen MR) is 580 cm³/mol. The minimum absolute atomic E-state index is 0. The van der Waals surface area contributed by atoms with Crippen LogP contribution in [0.3, 0.4) is 0 Å². The van der Waals surface area contributed by atoms with E-state index in [1.807, 2.05) is 101 Å². The monoisotopic (exact) mass is 2290 g/mol. The summed E-state index contributed by atoms with van der Waals surface area (Å²) in [6, 6.07) is 51.3.